The Morgan fingerprint density at radius 3 is 2.15 bits per heavy atom. The van der Waals surface area contributed by atoms with Crippen molar-refractivity contribution in [2.45, 2.75) is 31.8 Å². The van der Waals surface area contributed by atoms with Gasteiger partial charge in [0.1, 0.15) is 19.3 Å². The number of ether oxygens (including phenoxy) is 2. The number of sulfonamides is 1. The van der Waals surface area contributed by atoms with Gasteiger partial charge >= 0.3 is 0 Å². The van der Waals surface area contributed by atoms with Crippen LogP contribution in [0.25, 0.3) is 0 Å². The first-order chi connectivity index (χ1) is 19.3. The molecule has 1 aliphatic heterocycles. The highest BCUT2D eigenvalue weighted by Crippen LogP contribution is 2.34. The minimum Gasteiger partial charge on any atom is -0.486 e. The molecule has 4 rings (SSSR count). The lowest BCUT2D eigenvalue weighted by Crippen LogP contribution is -2.49. The number of carbonyl (C=O) groups is 2. The van der Waals surface area contributed by atoms with Gasteiger partial charge in [0.25, 0.3) is 0 Å². The number of likely N-dealkylation sites (N-methyl/N-ethyl adjacent to an activating group) is 1. The third-order valence-electron chi connectivity index (χ3n) is 6.68. The van der Waals surface area contributed by atoms with Gasteiger partial charge in [0.15, 0.2) is 11.5 Å². The molecule has 0 aromatic heterocycles. The Hall–Kier alpha value is -4.05. The number of hydrogen-bond donors (Lipinski definition) is 1. The molecule has 212 valence electrons. The molecule has 1 N–H and O–H groups in total. The van der Waals surface area contributed by atoms with Gasteiger partial charge in [0.05, 0.1) is 11.9 Å². The number of hydrogen-bond acceptors (Lipinski definition) is 6. The van der Waals surface area contributed by atoms with Crippen molar-refractivity contribution in [1.82, 2.24) is 10.2 Å². The first-order valence-corrected chi connectivity index (χ1v) is 15.1. The molecule has 1 aliphatic rings. The van der Waals surface area contributed by atoms with E-state index in [9.17, 15) is 18.0 Å². The van der Waals surface area contributed by atoms with Gasteiger partial charge < -0.3 is 19.7 Å². The molecule has 3 aromatic carbocycles. The van der Waals surface area contributed by atoms with Crippen molar-refractivity contribution in [3.63, 3.8) is 0 Å². The van der Waals surface area contributed by atoms with Crippen LogP contribution in [0.4, 0.5) is 5.69 Å². The van der Waals surface area contributed by atoms with Gasteiger partial charge in [0, 0.05) is 39.0 Å². The van der Waals surface area contributed by atoms with Gasteiger partial charge in [-0.3, -0.25) is 13.9 Å². The highest BCUT2D eigenvalue weighted by Gasteiger charge is 2.30. The van der Waals surface area contributed by atoms with E-state index in [0.717, 1.165) is 17.4 Å². The van der Waals surface area contributed by atoms with Gasteiger partial charge in [-0.2, -0.15) is 0 Å². The van der Waals surface area contributed by atoms with Crippen LogP contribution in [0.3, 0.4) is 0 Å². The summed E-state index contributed by atoms with van der Waals surface area (Å²) in [4.78, 5) is 28.3. The predicted molar refractivity (Wildman–Crippen MR) is 154 cm³/mol. The normalized spacial score (nSPS) is 13.2. The Bertz CT molecular complexity index is 1400. The Morgan fingerprint density at radius 2 is 1.52 bits per heavy atom. The van der Waals surface area contributed by atoms with Gasteiger partial charge in [0.2, 0.25) is 21.8 Å². The highest BCUT2D eigenvalue weighted by molar-refractivity contribution is 7.92. The van der Waals surface area contributed by atoms with Crippen LogP contribution in [0.5, 0.6) is 11.5 Å². The summed E-state index contributed by atoms with van der Waals surface area (Å²) >= 11 is 0. The fourth-order valence-corrected chi connectivity index (χ4v) is 5.65. The molecule has 40 heavy (non-hydrogen) atoms. The molecule has 0 unspecified atom stereocenters. The Morgan fingerprint density at radius 1 is 0.900 bits per heavy atom. The average Bonchev–Trinajstić information content (AvgIpc) is 2.96. The van der Waals surface area contributed by atoms with Crippen LogP contribution < -0.4 is 19.1 Å². The van der Waals surface area contributed by atoms with Gasteiger partial charge in [-0.1, -0.05) is 60.7 Å². The number of fused-ring (bicyclic) bond motifs is 1. The summed E-state index contributed by atoms with van der Waals surface area (Å²) in [6, 6.07) is 23.3. The maximum Gasteiger partial charge on any atom is 0.242 e. The third-order valence-corrected chi connectivity index (χ3v) is 7.87. The van der Waals surface area contributed by atoms with E-state index in [0.29, 0.717) is 36.8 Å². The number of nitrogens with zero attached hydrogens (tertiary/aromatic N) is 2. The molecule has 3 aromatic rings. The molecule has 0 aliphatic carbocycles. The average molecular weight is 566 g/mol. The van der Waals surface area contributed by atoms with E-state index in [4.69, 9.17) is 9.47 Å². The van der Waals surface area contributed by atoms with Crippen LogP contribution in [0.2, 0.25) is 0 Å². The monoisotopic (exact) mass is 565 g/mol. The maximum absolute atomic E-state index is 13.7. The largest absolute Gasteiger partial charge is 0.486 e. The summed E-state index contributed by atoms with van der Waals surface area (Å²) in [5.74, 6) is 0.553. The molecule has 9 nitrogen and oxygen atoms in total. The summed E-state index contributed by atoms with van der Waals surface area (Å²) in [6.45, 7) is 1.16. The molecule has 1 heterocycles. The highest BCUT2D eigenvalue weighted by atomic mass is 32.2. The Labute approximate surface area is 235 Å². The zero-order chi connectivity index (χ0) is 28.5. The first kappa shape index (κ1) is 28.9. The molecule has 0 radical (unpaired) electrons. The fraction of sp³-hybridized carbons (Fsp3) is 0.333. The number of benzene rings is 3. The molecule has 1 atom stereocenters. The smallest absolute Gasteiger partial charge is 0.242 e. The second kappa shape index (κ2) is 13.3. The topological polar surface area (TPSA) is 105 Å². The maximum atomic E-state index is 13.7. The Kier molecular flexibility index (Phi) is 9.65. The summed E-state index contributed by atoms with van der Waals surface area (Å²) in [6.07, 6.45) is 1.81. The number of rotatable bonds is 12. The van der Waals surface area contributed by atoms with Crippen LogP contribution in [0, 0.1) is 0 Å². The van der Waals surface area contributed by atoms with Crippen molar-refractivity contribution in [2.24, 2.45) is 0 Å². The van der Waals surface area contributed by atoms with Crippen LogP contribution in [0.15, 0.2) is 78.9 Å². The van der Waals surface area contributed by atoms with E-state index in [2.05, 4.69) is 5.32 Å². The predicted octanol–water partition coefficient (Wildman–Crippen LogP) is 3.39. The molecule has 0 spiro atoms. The molecular formula is C30H35N3O6S. The number of carbonyl (C=O) groups excluding carboxylic acids is 2. The molecule has 0 saturated carbocycles. The molecule has 0 saturated heterocycles. The number of anilines is 1. The standard InChI is InChI=1S/C30H35N3O6S/c1-31-30(35)26(20-23-10-5-3-6-11-23)32(22-24-12-7-4-8-13-24)29(34)14-9-17-33(40(2,36)37)25-15-16-27-28(21-25)39-19-18-38-27/h3-8,10-13,15-16,21,26H,9,14,17-20,22H2,1-2H3,(H,31,35)/t26-/m0/s1. The van der Waals surface area contributed by atoms with Crippen molar-refractivity contribution in [1.29, 1.82) is 0 Å². The van der Waals surface area contributed by atoms with E-state index in [1.165, 1.54) is 4.31 Å². The van der Waals surface area contributed by atoms with E-state index < -0.39 is 16.1 Å². The van der Waals surface area contributed by atoms with Crippen LogP contribution in [-0.2, 0) is 32.6 Å². The van der Waals surface area contributed by atoms with E-state index in [1.54, 1.807) is 30.1 Å². The Balaban J connectivity index is 1.53. The van der Waals surface area contributed by atoms with Crippen molar-refractivity contribution in [3.8, 4) is 11.5 Å². The second-order valence-electron chi connectivity index (χ2n) is 9.59. The summed E-state index contributed by atoms with van der Waals surface area (Å²) in [5.41, 5.74) is 2.27. The van der Waals surface area contributed by atoms with Crippen molar-refractivity contribution >= 4 is 27.5 Å². The molecule has 10 heteroatoms. The summed E-state index contributed by atoms with van der Waals surface area (Å²) in [5, 5.41) is 2.70. The van der Waals surface area contributed by atoms with Gasteiger partial charge in [-0.15, -0.1) is 0 Å². The quantitative estimate of drug-likeness (QED) is 0.361. The fourth-order valence-electron chi connectivity index (χ4n) is 4.69. The summed E-state index contributed by atoms with van der Waals surface area (Å²) in [7, 11) is -2.08. The van der Waals surface area contributed by atoms with E-state index in [-0.39, 0.29) is 37.7 Å². The van der Waals surface area contributed by atoms with Crippen LogP contribution >= 0.6 is 0 Å². The van der Waals surface area contributed by atoms with E-state index >= 15 is 0 Å². The van der Waals surface area contributed by atoms with Crippen LogP contribution in [-0.4, -0.2) is 64.2 Å². The van der Waals surface area contributed by atoms with Crippen molar-refractivity contribution < 1.29 is 27.5 Å². The number of nitrogens with one attached hydrogen (secondary N) is 1. The van der Waals surface area contributed by atoms with Gasteiger partial charge in [-0.25, -0.2) is 8.42 Å². The number of amides is 2. The lowest BCUT2D eigenvalue weighted by Gasteiger charge is -2.31. The lowest BCUT2D eigenvalue weighted by atomic mass is 10.0. The zero-order valence-corrected chi connectivity index (χ0v) is 23.6. The summed E-state index contributed by atoms with van der Waals surface area (Å²) < 4.78 is 37.8. The molecule has 0 bridgehead atoms. The molecular weight excluding hydrogens is 530 g/mol. The van der Waals surface area contributed by atoms with Crippen molar-refractivity contribution in [2.75, 3.05) is 37.4 Å². The lowest BCUT2D eigenvalue weighted by molar-refractivity contribution is -0.141. The van der Waals surface area contributed by atoms with Crippen molar-refractivity contribution in [3.05, 3.63) is 90.0 Å². The SMILES string of the molecule is CNC(=O)[C@H](Cc1ccccc1)N(Cc1ccccc1)C(=O)CCCN(c1ccc2c(c1)OCCO2)S(C)(=O)=O. The first-order valence-electron chi connectivity index (χ1n) is 13.2. The van der Waals surface area contributed by atoms with Crippen LogP contribution in [0.1, 0.15) is 24.0 Å². The minimum absolute atomic E-state index is 0.0612. The van der Waals surface area contributed by atoms with Gasteiger partial charge in [-0.05, 0) is 29.7 Å². The molecule has 0 fully saturated rings. The zero-order valence-electron chi connectivity index (χ0n) is 22.8. The minimum atomic E-state index is -3.64. The third kappa shape index (κ3) is 7.53. The second-order valence-corrected chi connectivity index (χ2v) is 11.5. The van der Waals surface area contributed by atoms with E-state index in [1.807, 2.05) is 60.7 Å². The molecule has 2 amide bonds.